The van der Waals surface area contributed by atoms with Crippen LogP contribution in [0.2, 0.25) is 5.02 Å². The number of esters is 3. The second-order valence-electron chi connectivity index (χ2n) is 9.62. The number of aliphatic imine (C=N–C) groups is 1. The Bertz CT molecular complexity index is 1510. The summed E-state index contributed by atoms with van der Waals surface area (Å²) in [5, 5.41) is 0.331. The summed E-state index contributed by atoms with van der Waals surface area (Å²) >= 11 is 6.38. The van der Waals surface area contributed by atoms with Crippen LogP contribution < -0.4 is 14.2 Å². The zero-order chi connectivity index (χ0) is 33.0. The van der Waals surface area contributed by atoms with Crippen molar-refractivity contribution in [1.29, 1.82) is 0 Å². The lowest BCUT2D eigenvalue weighted by Crippen LogP contribution is -2.04. The van der Waals surface area contributed by atoms with Crippen molar-refractivity contribution in [2.24, 2.45) is 4.99 Å². The van der Waals surface area contributed by atoms with Crippen molar-refractivity contribution in [2.75, 3.05) is 26.4 Å². The maximum Gasteiger partial charge on any atom is 0.336 e. The van der Waals surface area contributed by atoms with Gasteiger partial charge in [-0.3, -0.25) is 4.99 Å². The SMILES string of the molecule is C=CC(=O)OCCCCOc1ccc(C=CC(=O)Oc2ccc(N=Cc3ccc(OCCCCOC(=O)C=C)cc3)c(Cl)c2)cc1. The Hall–Kier alpha value is -5.15. The van der Waals surface area contributed by atoms with Gasteiger partial charge >= 0.3 is 17.9 Å². The number of benzene rings is 3. The molecular formula is C36H36ClNO8. The molecule has 10 heteroatoms. The number of carbonyl (C=O) groups is 3. The van der Waals surface area contributed by atoms with E-state index in [1.807, 2.05) is 36.4 Å². The van der Waals surface area contributed by atoms with Crippen molar-refractivity contribution in [3.8, 4) is 17.2 Å². The maximum atomic E-state index is 12.3. The average Bonchev–Trinajstić information content (AvgIpc) is 3.07. The molecule has 3 rings (SSSR count). The van der Waals surface area contributed by atoms with Gasteiger partial charge in [0.1, 0.15) is 17.2 Å². The van der Waals surface area contributed by atoms with Crippen molar-refractivity contribution < 1.29 is 38.1 Å². The van der Waals surface area contributed by atoms with Gasteiger partial charge in [0.15, 0.2) is 0 Å². The molecule has 0 atom stereocenters. The molecule has 0 radical (unpaired) electrons. The lowest BCUT2D eigenvalue weighted by Gasteiger charge is -2.07. The summed E-state index contributed by atoms with van der Waals surface area (Å²) in [5.41, 5.74) is 2.17. The molecule has 46 heavy (non-hydrogen) atoms. The Balaban J connectivity index is 1.39. The summed E-state index contributed by atoms with van der Waals surface area (Å²) < 4.78 is 26.6. The molecule has 0 aromatic heterocycles. The fourth-order valence-corrected chi connectivity index (χ4v) is 3.91. The number of unbranched alkanes of at least 4 members (excludes halogenated alkanes) is 2. The summed E-state index contributed by atoms with van der Waals surface area (Å²) in [5.74, 6) is 0.299. The third-order valence-corrected chi connectivity index (χ3v) is 6.40. The molecule has 0 bridgehead atoms. The second-order valence-corrected chi connectivity index (χ2v) is 10.0. The first kappa shape index (κ1) is 35.3. The van der Waals surface area contributed by atoms with Crippen molar-refractivity contribution in [3.63, 3.8) is 0 Å². The molecule has 0 aliphatic carbocycles. The van der Waals surface area contributed by atoms with Crippen LogP contribution in [0.15, 0.2) is 103 Å². The number of nitrogens with zero attached hydrogens (tertiary/aromatic N) is 1. The lowest BCUT2D eigenvalue weighted by molar-refractivity contribution is -0.138. The molecule has 0 aliphatic rings. The number of hydrogen-bond donors (Lipinski definition) is 0. The standard InChI is InChI=1S/C36H36ClNO8/c1-3-34(39)44-23-7-5-21-42-29-14-9-27(10-15-29)13-20-36(41)46-31-18-19-33(32(37)25-31)38-26-28-11-16-30(17-12-28)43-22-6-8-24-45-35(40)4-2/h3-4,9-20,25-26H,1-2,5-8,21-24H2. The van der Waals surface area contributed by atoms with E-state index >= 15 is 0 Å². The van der Waals surface area contributed by atoms with Crippen LogP contribution in [-0.4, -0.2) is 50.6 Å². The molecule has 3 aromatic rings. The molecule has 0 saturated heterocycles. The highest BCUT2D eigenvalue weighted by atomic mass is 35.5. The Kier molecular flexibility index (Phi) is 15.4. The van der Waals surface area contributed by atoms with Gasteiger partial charge in [-0.25, -0.2) is 14.4 Å². The van der Waals surface area contributed by atoms with Crippen LogP contribution in [0.5, 0.6) is 17.2 Å². The number of rotatable bonds is 19. The van der Waals surface area contributed by atoms with Crippen LogP contribution in [0, 0.1) is 0 Å². The zero-order valence-corrected chi connectivity index (χ0v) is 26.2. The molecule has 9 nitrogen and oxygen atoms in total. The first-order chi connectivity index (χ1) is 22.4. The molecule has 0 N–H and O–H groups in total. The van der Waals surface area contributed by atoms with E-state index < -0.39 is 17.9 Å². The van der Waals surface area contributed by atoms with Crippen LogP contribution in [0.3, 0.4) is 0 Å². The first-order valence-electron chi connectivity index (χ1n) is 14.6. The van der Waals surface area contributed by atoms with Gasteiger partial charge in [-0.1, -0.05) is 36.9 Å². The van der Waals surface area contributed by atoms with Crippen molar-refractivity contribution in [2.45, 2.75) is 25.7 Å². The summed E-state index contributed by atoms with van der Waals surface area (Å²) in [4.78, 5) is 38.8. The van der Waals surface area contributed by atoms with E-state index in [1.165, 1.54) is 12.1 Å². The van der Waals surface area contributed by atoms with Crippen molar-refractivity contribution >= 4 is 47.5 Å². The van der Waals surface area contributed by atoms with Crippen molar-refractivity contribution in [1.82, 2.24) is 0 Å². The van der Waals surface area contributed by atoms with Crippen LogP contribution >= 0.6 is 11.6 Å². The van der Waals surface area contributed by atoms with Gasteiger partial charge < -0.3 is 23.7 Å². The highest BCUT2D eigenvalue weighted by Crippen LogP contribution is 2.29. The van der Waals surface area contributed by atoms with E-state index in [2.05, 4.69) is 18.2 Å². The van der Waals surface area contributed by atoms with Gasteiger partial charge in [0, 0.05) is 30.5 Å². The fraction of sp³-hybridized carbons (Fsp3) is 0.222. The van der Waals surface area contributed by atoms with E-state index in [4.69, 9.17) is 35.3 Å². The minimum Gasteiger partial charge on any atom is -0.494 e. The van der Waals surface area contributed by atoms with Crippen LogP contribution in [-0.2, 0) is 23.9 Å². The van der Waals surface area contributed by atoms with E-state index in [0.717, 1.165) is 41.9 Å². The predicted octanol–water partition coefficient (Wildman–Crippen LogP) is 7.49. The molecular weight excluding hydrogens is 610 g/mol. The Labute approximate surface area is 273 Å². The smallest absolute Gasteiger partial charge is 0.336 e. The fourth-order valence-electron chi connectivity index (χ4n) is 3.69. The first-order valence-corrected chi connectivity index (χ1v) is 15.0. The molecule has 240 valence electrons. The second kappa shape index (κ2) is 20.0. The quantitative estimate of drug-likeness (QED) is 0.0434. The number of carbonyl (C=O) groups excluding carboxylic acids is 3. The number of hydrogen-bond acceptors (Lipinski definition) is 9. The molecule has 0 fully saturated rings. The zero-order valence-electron chi connectivity index (χ0n) is 25.4. The van der Waals surface area contributed by atoms with Gasteiger partial charge in [-0.15, -0.1) is 0 Å². The van der Waals surface area contributed by atoms with E-state index in [-0.39, 0.29) is 0 Å². The molecule has 0 amide bonds. The number of halogens is 1. The monoisotopic (exact) mass is 645 g/mol. The minimum atomic E-state index is -0.553. The number of ether oxygens (including phenoxy) is 5. The summed E-state index contributed by atoms with van der Waals surface area (Å²) in [6, 6.07) is 19.5. The van der Waals surface area contributed by atoms with Gasteiger partial charge in [-0.05, 0) is 91.4 Å². The third kappa shape index (κ3) is 13.7. The average molecular weight is 646 g/mol. The largest absolute Gasteiger partial charge is 0.494 e. The van der Waals surface area contributed by atoms with E-state index in [1.54, 1.807) is 36.6 Å². The van der Waals surface area contributed by atoms with E-state index in [0.29, 0.717) is 61.5 Å². The van der Waals surface area contributed by atoms with Gasteiger partial charge in [-0.2, -0.15) is 0 Å². The molecule has 0 aliphatic heterocycles. The third-order valence-electron chi connectivity index (χ3n) is 6.10. The Morgan fingerprint density at radius 3 is 1.67 bits per heavy atom. The van der Waals surface area contributed by atoms with Crippen LogP contribution in [0.4, 0.5) is 5.69 Å². The minimum absolute atomic E-state index is 0.293. The maximum absolute atomic E-state index is 12.3. The molecule has 0 heterocycles. The Morgan fingerprint density at radius 2 is 1.15 bits per heavy atom. The van der Waals surface area contributed by atoms with E-state index in [9.17, 15) is 14.4 Å². The van der Waals surface area contributed by atoms with Gasteiger partial charge in [0.05, 0.1) is 37.1 Å². The molecule has 3 aromatic carbocycles. The molecule has 0 saturated carbocycles. The van der Waals surface area contributed by atoms with Gasteiger partial charge in [0.25, 0.3) is 0 Å². The Morgan fingerprint density at radius 1 is 0.652 bits per heavy atom. The van der Waals surface area contributed by atoms with Gasteiger partial charge in [0.2, 0.25) is 0 Å². The summed E-state index contributed by atoms with van der Waals surface area (Å²) in [7, 11) is 0. The van der Waals surface area contributed by atoms with Crippen LogP contribution in [0.25, 0.3) is 6.08 Å². The summed E-state index contributed by atoms with van der Waals surface area (Å²) in [6.07, 6.45) is 9.80. The normalized spacial score (nSPS) is 10.8. The highest BCUT2D eigenvalue weighted by molar-refractivity contribution is 6.33. The van der Waals surface area contributed by atoms with Crippen molar-refractivity contribution in [3.05, 3.63) is 114 Å². The molecule has 0 spiro atoms. The molecule has 0 unspecified atom stereocenters. The topological polar surface area (TPSA) is 110 Å². The summed E-state index contributed by atoms with van der Waals surface area (Å²) in [6.45, 7) is 8.36. The predicted molar refractivity (Wildman–Crippen MR) is 178 cm³/mol. The van der Waals surface area contributed by atoms with Crippen LogP contribution in [0.1, 0.15) is 36.8 Å². The lowest BCUT2D eigenvalue weighted by atomic mass is 10.2. The highest BCUT2D eigenvalue weighted by Gasteiger charge is 2.06.